The number of sulfone groups is 1. The van der Waals surface area contributed by atoms with Gasteiger partial charge in [0.2, 0.25) is 0 Å². The molecule has 0 unspecified atom stereocenters. The molecule has 0 amide bonds. The summed E-state index contributed by atoms with van der Waals surface area (Å²) in [7, 11) is -3.52. The van der Waals surface area contributed by atoms with E-state index in [1.54, 1.807) is 36.4 Å². The highest BCUT2D eigenvalue weighted by molar-refractivity contribution is 7.94. The van der Waals surface area contributed by atoms with Gasteiger partial charge in [-0.1, -0.05) is 61.4 Å². The normalized spacial score (nSPS) is 20.7. The Hall–Kier alpha value is -2.57. The Bertz CT molecular complexity index is 1230. The number of rotatable bonds is 10. The third-order valence-corrected chi connectivity index (χ3v) is 9.04. The fraction of sp³-hybridized carbons (Fsp3) is 0.393. The van der Waals surface area contributed by atoms with Crippen molar-refractivity contribution >= 4 is 27.4 Å². The zero-order chi connectivity index (χ0) is 25.1. The first-order valence-electron chi connectivity index (χ1n) is 11.9. The Morgan fingerprint density at radius 1 is 1.17 bits per heavy atom. The SMILES string of the molecule is CC1(C)[C@H]2CC=C(CCOC(=O)Cc3ccc(OC/C=C/S(=O)(=O)c4ccccc4)c(Cl)c3)[C@@H]1C2. The van der Waals surface area contributed by atoms with Gasteiger partial charge < -0.3 is 9.47 Å². The van der Waals surface area contributed by atoms with Gasteiger partial charge in [0.15, 0.2) is 9.84 Å². The van der Waals surface area contributed by atoms with E-state index in [1.165, 1.54) is 30.2 Å². The molecular formula is C28H31ClO5S. The zero-order valence-corrected chi connectivity index (χ0v) is 21.6. The van der Waals surface area contributed by atoms with Crippen LogP contribution in [0.1, 0.15) is 38.7 Å². The number of hydrogen-bond donors (Lipinski definition) is 0. The third kappa shape index (κ3) is 5.99. The van der Waals surface area contributed by atoms with Crippen molar-refractivity contribution in [3.63, 3.8) is 0 Å². The molecule has 1 saturated carbocycles. The van der Waals surface area contributed by atoms with Gasteiger partial charge in [-0.2, -0.15) is 0 Å². The minimum atomic E-state index is -3.52. The largest absolute Gasteiger partial charge is 0.488 e. The molecule has 2 aromatic rings. The topological polar surface area (TPSA) is 69.7 Å². The van der Waals surface area contributed by atoms with Crippen molar-refractivity contribution in [3.05, 3.63) is 82.3 Å². The Morgan fingerprint density at radius 3 is 2.63 bits per heavy atom. The first kappa shape index (κ1) is 25.5. The standard InChI is InChI=1S/C28H31ClO5S/c1-28(2)22-11-10-21(24(28)19-22)13-15-34-27(30)18-20-9-12-26(25(29)17-20)33-14-6-16-35(31,32)23-7-4-3-5-8-23/h3-10,12,16-17,22,24H,11,13-15,18-19H2,1-2H3/b16-6+/t22-,24-/m0/s1. The van der Waals surface area contributed by atoms with Gasteiger partial charge in [0, 0.05) is 11.8 Å². The Kier molecular flexibility index (Phi) is 7.72. The minimum absolute atomic E-state index is 0.0432. The lowest BCUT2D eigenvalue weighted by atomic mass is 9.48. The molecule has 3 aliphatic carbocycles. The lowest BCUT2D eigenvalue weighted by Gasteiger charge is -2.56. The van der Waals surface area contributed by atoms with Gasteiger partial charge >= 0.3 is 5.97 Å². The second-order valence-corrected chi connectivity index (χ2v) is 12.0. The Labute approximate surface area is 212 Å². The van der Waals surface area contributed by atoms with Crippen LogP contribution < -0.4 is 4.74 Å². The molecule has 0 N–H and O–H groups in total. The van der Waals surface area contributed by atoms with Crippen molar-refractivity contribution in [3.8, 4) is 5.75 Å². The molecule has 0 saturated heterocycles. The Morgan fingerprint density at radius 2 is 1.94 bits per heavy atom. The molecule has 186 valence electrons. The van der Waals surface area contributed by atoms with Crippen molar-refractivity contribution in [1.29, 1.82) is 0 Å². The molecule has 0 radical (unpaired) electrons. The molecule has 7 heteroatoms. The first-order valence-corrected chi connectivity index (χ1v) is 13.8. The smallest absolute Gasteiger partial charge is 0.310 e. The maximum Gasteiger partial charge on any atom is 0.310 e. The number of carbonyl (C=O) groups is 1. The molecular weight excluding hydrogens is 484 g/mol. The molecule has 5 nitrogen and oxygen atoms in total. The van der Waals surface area contributed by atoms with Crippen LogP contribution in [0, 0.1) is 17.3 Å². The highest BCUT2D eigenvalue weighted by Crippen LogP contribution is 2.59. The fourth-order valence-electron chi connectivity index (χ4n) is 5.02. The van der Waals surface area contributed by atoms with Crippen LogP contribution in [0.25, 0.3) is 0 Å². The fourth-order valence-corrected chi connectivity index (χ4v) is 6.31. The van der Waals surface area contributed by atoms with E-state index in [0.29, 0.717) is 28.7 Å². The number of allylic oxidation sites excluding steroid dienone is 1. The lowest BCUT2D eigenvalue weighted by molar-refractivity contribution is -0.142. The highest BCUT2D eigenvalue weighted by Gasteiger charge is 2.50. The molecule has 0 heterocycles. The summed E-state index contributed by atoms with van der Waals surface area (Å²) in [4.78, 5) is 12.5. The van der Waals surface area contributed by atoms with Crippen molar-refractivity contribution < 1.29 is 22.7 Å². The molecule has 5 rings (SSSR count). The van der Waals surface area contributed by atoms with E-state index in [9.17, 15) is 13.2 Å². The first-order chi connectivity index (χ1) is 16.7. The van der Waals surface area contributed by atoms with Crippen molar-refractivity contribution in [2.75, 3.05) is 13.2 Å². The summed E-state index contributed by atoms with van der Waals surface area (Å²) in [6.07, 6.45) is 7.09. The van der Waals surface area contributed by atoms with Gasteiger partial charge in [-0.05, 0) is 66.0 Å². The van der Waals surface area contributed by atoms with E-state index in [4.69, 9.17) is 21.1 Å². The number of benzene rings is 2. The number of ether oxygens (including phenoxy) is 2. The molecule has 3 aliphatic rings. The van der Waals surface area contributed by atoms with Gasteiger partial charge in [0.05, 0.1) is 22.9 Å². The molecule has 0 aromatic heterocycles. The summed E-state index contributed by atoms with van der Waals surface area (Å²) in [6.45, 7) is 5.12. The average Bonchev–Trinajstić information content (AvgIpc) is 2.83. The molecule has 0 spiro atoms. The average molecular weight is 515 g/mol. The van der Waals surface area contributed by atoms with Crippen LogP contribution in [0.4, 0.5) is 0 Å². The Balaban J connectivity index is 1.22. The van der Waals surface area contributed by atoms with E-state index < -0.39 is 9.84 Å². The summed E-state index contributed by atoms with van der Waals surface area (Å²) >= 11 is 6.30. The van der Waals surface area contributed by atoms with Gasteiger partial charge in [0.25, 0.3) is 0 Å². The molecule has 2 atom stereocenters. The van der Waals surface area contributed by atoms with Crippen LogP contribution in [0.3, 0.4) is 0 Å². The summed E-state index contributed by atoms with van der Waals surface area (Å²) < 4.78 is 35.6. The maximum absolute atomic E-state index is 12.3. The van der Waals surface area contributed by atoms with Crippen LogP contribution in [-0.4, -0.2) is 27.6 Å². The van der Waals surface area contributed by atoms with E-state index in [0.717, 1.165) is 29.7 Å². The van der Waals surface area contributed by atoms with Crippen molar-refractivity contribution in [2.45, 2.75) is 44.4 Å². The monoisotopic (exact) mass is 514 g/mol. The third-order valence-electron chi connectivity index (χ3n) is 7.26. The number of halogens is 1. The van der Waals surface area contributed by atoms with E-state index in [1.807, 2.05) is 0 Å². The van der Waals surface area contributed by atoms with Crippen LogP contribution in [0.15, 0.2) is 76.6 Å². The second-order valence-electron chi connectivity index (χ2n) is 9.77. The highest BCUT2D eigenvalue weighted by atomic mass is 35.5. The van der Waals surface area contributed by atoms with Gasteiger partial charge in [-0.3, -0.25) is 4.79 Å². The maximum atomic E-state index is 12.3. The summed E-state index contributed by atoms with van der Waals surface area (Å²) in [5, 5.41) is 1.47. The lowest BCUT2D eigenvalue weighted by Crippen LogP contribution is -2.48. The predicted molar refractivity (Wildman–Crippen MR) is 137 cm³/mol. The van der Waals surface area contributed by atoms with Crippen LogP contribution >= 0.6 is 11.6 Å². The summed E-state index contributed by atoms with van der Waals surface area (Å²) in [5.74, 6) is 1.55. The van der Waals surface area contributed by atoms with Crippen LogP contribution in [-0.2, 0) is 25.8 Å². The van der Waals surface area contributed by atoms with Crippen LogP contribution in [0.5, 0.6) is 5.75 Å². The summed E-state index contributed by atoms with van der Waals surface area (Å²) in [6, 6.07) is 13.3. The quantitative estimate of drug-likeness (QED) is 0.280. The number of fused-ring (bicyclic) bond motifs is 1. The van der Waals surface area contributed by atoms with Gasteiger partial charge in [0.1, 0.15) is 12.4 Å². The number of hydrogen-bond acceptors (Lipinski definition) is 5. The zero-order valence-electron chi connectivity index (χ0n) is 20.1. The van der Waals surface area contributed by atoms with E-state index >= 15 is 0 Å². The summed E-state index contributed by atoms with van der Waals surface area (Å²) in [5.41, 5.74) is 2.54. The predicted octanol–water partition coefficient (Wildman–Crippen LogP) is 6.17. The molecule has 0 aliphatic heterocycles. The number of carbonyl (C=O) groups excluding carboxylic acids is 1. The van der Waals surface area contributed by atoms with E-state index in [2.05, 4.69) is 19.9 Å². The van der Waals surface area contributed by atoms with Gasteiger partial charge in [-0.15, -0.1) is 0 Å². The van der Waals surface area contributed by atoms with Crippen molar-refractivity contribution in [2.24, 2.45) is 17.3 Å². The number of esters is 1. The van der Waals surface area contributed by atoms with Crippen molar-refractivity contribution in [1.82, 2.24) is 0 Å². The molecule has 35 heavy (non-hydrogen) atoms. The van der Waals surface area contributed by atoms with Gasteiger partial charge in [-0.25, -0.2) is 8.42 Å². The second kappa shape index (κ2) is 10.6. The van der Waals surface area contributed by atoms with Crippen LogP contribution in [0.2, 0.25) is 5.02 Å². The molecule has 2 aromatic carbocycles. The molecule has 1 fully saturated rings. The van der Waals surface area contributed by atoms with E-state index in [-0.39, 0.29) is 23.9 Å². The molecule has 2 bridgehead atoms. The minimum Gasteiger partial charge on any atom is -0.488 e.